The van der Waals surface area contributed by atoms with Crippen LogP contribution in [0.25, 0.3) is 0 Å². The van der Waals surface area contributed by atoms with Gasteiger partial charge in [0, 0.05) is 9.99 Å². The standard InChI is InChI=1S/C19H14F6INO3/c20-18(21,22)12-5-10(6-13(9-12)19(23,24)25)7-16(28)27-15(17(29)30)8-11-3-1-2-4-14(11)26/h1-6,9,15H,7-8H2,(H,27,28)(H,29,30)/t15-/m1/s1. The number of hydrogen-bond acceptors (Lipinski definition) is 2. The molecule has 2 rings (SSSR count). The Labute approximate surface area is 180 Å². The Kier molecular flexibility index (Phi) is 7.37. The van der Waals surface area contributed by atoms with Crippen LogP contribution in [0.4, 0.5) is 26.3 Å². The largest absolute Gasteiger partial charge is 0.480 e. The SMILES string of the molecule is O=C(Cc1cc(C(F)(F)F)cc(C(F)(F)F)c1)N[C@H](Cc1ccccc1I)C(=O)O. The third-order valence-corrected chi connectivity index (χ3v) is 5.08. The summed E-state index contributed by atoms with van der Waals surface area (Å²) in [5.41, 5.74) is -3.01. The predicted molar refractivity (Wildman–Crippen MR) is 103 cm³/mol. The van der Waals surface area contributed by atoms with Gasteiger partial charge in [-0.15, -0.1) is 0 Å². The number of carboxylic acid groups (broad SMARTS) is 1. The normalized spacial score (nSPS) is 13.0. The van der Waals surface area contributed by atoms with E-state index in [1.165, 1.54) is 0 Å². The summed E-state index contributed by atoms with van der Waals surface area (Å²) in [4.78, 5) is 23.6. The lowest BCUT2D eigenvalue weighted by Gasteiger charge is -2.17. The number of rotatable bonds is 6. The van der Waals surface area contributed by atoms with Gasteiger partial charge in [0.1, 0.15) is 6.04 Å². The lowest BCUT2D eigenvalue weighted by atomic mass is 10.0. The summed E-state index contributed by atoms with van der Waals surface area (Å²) >= 11 is 1.97. The van der Waals surface area contributed by atoms with Gasteiger partial charge in [0.05, 0.1) is 17.5 Å². The topological polar surface area (TPSA) is 66.4 Å². The molecule has 0 aliphatic rings. The second kappa shape index (κ2) is 9.23. The number of aliphatic carboxylic acids is 1. The van der Waals surface area contributed by atoms with E-state index in [2.05, 4.69) is 5.32 Å². The molecule has 0 heterocycles. The second-order valence-electron chi connectivity index (χ2n) is 6.34. The first-order valence-electron chi connectivity index (χ1n) is 8.31. The molecule has 0 aromatic heterocycles. The van der Waals surface area contributed by atoms with Crippen molar-refractivity contribution in [1.82, 2.24) is 5.32 Å². The van der Waals surface area contributed by atoms with Crippen LogP contribution in [0.1, 0.15) is 22.3 Å². The second-order valence-corrected chi connectivity index (χ2v) is 7.51. The summed E-state index contributed by atoms with van der Waals surface area (Å²) in [7, 11) is 0. The van der Waals surface area contributed by atoms with E-state index < -0.39 is 53.4 Å². The zero-order chi connectivity index (χ0) is 22.7. The van der Waals surface area contributed by atoms with Crippen molar-refractivity contribution in [2.75, 3.05) is 0 Å². The summed E-state index contributed by atoms with van der Waals surface area (Å²) in [5, 5.41) is 11.5. The van der Waals surface area contributed by atoms with Crippen molar-refractivity contribution in [3.05, 3.63) is 68.3 Å². The molecule has 0 saturated heterocycles. The molecular formula is C19H14F6INO3. The molecule has 0 bridgehead atoms. The molecule has 2 aromatic carbocycles. The first-order chi connectivity index (χ1) is 13.8. The lowest BCUT2D eigenvalue weighted by Crippen LogP contribution is -2.43. The highest BCUT2D eigenvalue weighted by Crippen LogP contribution is 2.36. The van der Waals surface area contributed by atoms with E-state index in [-0.39, 0.29) is 12.5 Å². The van der Waals surface area contributed by atoms with E-state index in [0.29, 0.717) is 17.7 Å². The van der Waals surface area contributed by atoms with Crippen LogP contribution in [0, 0.1) is 3.57 Å². The van der Waals surface area contributed by atoms with Crippen LogP contribution < -0.4 is 5.32 Å². The van der Waals surface area contributed by atoms with Gasteiger partial charge in [0.15, 0.2) is 0 Å². The predicted octanol–water partition coefficient (Wildman–Crippen LogP) is 4.68. The molecule has 0 saturated carbocycles. The Hall–Kier alpha value is -2.31. The van der Waals surface area contributed by atoms with Crippen LogP contribution in [0.2, 0.25) is 0 Å². The van der Waals surface area contributed by atoms with Crippen molar-refractivity contribution in [3.63, 3.8) is 0 Å². The summed E-state index contributed by atoms with van der Waals surface area (Å²) in [5.74, 6) is -2.40. The minimum atomic E-state index is -5.04. The van der Waals surface area contributed by atoms with Crippen LogP contribution in [-0.2, 0) is 34.8 Å². The molecule has 162 valence electrons. The molecule has 0 aliphatic carbocycles. The number of alkyl halides is 6. The van der Waals surface area contributed by atoms with Gasteiger partial charge < -0.3 is 10.4 Å². The van der Waals surface area contributed by atoms with Crippen LogP contribution in [-0.4, -0.2) is 23.0 Å². The van der Waals surface area contributed by atoms with Crippen LogP contribution in [0.15, 0.2) is 42.5 Å². The Balaban J connectivity index is 2.23. The van der Waals surface area contributed by atoms with Crippen molar-refractivity contribution < 1.29 is 41.0 Å². The molecule has 4 nitrogen and oxygen atoms in total. The molecule has 0 fully saturated rings. The van der Waals surface area contributed by atoms with Crippen molar-refractivity contribution in [2.24, 2.45) is 0 Å². The first-order valence-corrected chi connectivity index (χ1v) is 9.39. The number of carbonyl (C=O) groups is 2. The Morgan fingerprint density at radius 2 is 1.50 bits per heavy atom. The molecular weight excluding hydrogens is 531 g/mol. The van der Waals surface area contributed by atoms with Gasteiger partial charge in [0.2, 0.25) is 5.91 Å². The van der Waals surface area contributed by atoms with Crippen LogP contribution in [0.3, 0.4) is 0 Å². The number of benzene rings is 2. The fraction of sp³-hybridized carbons (Fsp3) is 0.263. The molecule has 2 aromatic rings. The molecule has 11 heteroatoms. The molecule has 0 spiro atoms. The first kappa shape index (κ1) is 24.0. The number of amides is 1. The fourth-order valence-corrected chi connectivity index (χ4v) is 3.24. The number of halogens is 7. The smallest absolute Gasteiger partial charge is 0.416 e. The monoisotopic (exact) mass is 545 g/mol. The molecule has 1 atom stereocenters. The van der Waals surface area contributed by atoms with E-state index in [1.54, 1.807) is 24.3 Å². The third-order valence-electron chi connectivity index (χ3n) is 4.03. The highest BCUT2D eigenvalue weighted by molar-refractivity contribution is 14.1. The maximum Gasteiger partial charge on any atom is 0.416 e. The Bertz CT molecular complexity index is 910. The summed E-state index contributed by atoms with van der Waals surface area (Å²) in [6.07, 6.45) is -11.0. The zero-order valence-electron chi connectivity index (χ0n) is 14.9. The van der Waals surface area contributed by atoms with E-state index >= 15 is 0 Å². The van der Waals surface area contributed by atoms with E-state index in [4.69, 9.17) is 0 Å². The average molecular weight is 545 g/mol. The third kappa shape index (κ3) is 6.61. The minimum absolute atomic E-state index is 0.0429. The highest BCUT2D eigenvalue weighted by Gasteiger charge is 2.37. The number of hydrogen-bond donors (Lipinski definition) is 2. The van der Waals surface area contributed by atoms with Gasteiger partial charge in [0.25, 0.3) is 0 Å². The number of carbonyl (C=O) groups excluding carboxylic acids is 1. The number of nitrogens with one attached hydrogen (secondary N) is 1. The molecule has 2 N–H and O–H groups in total. The summed E-state index contributed by atoms with van der Waals surface area (Å²) < 4.78 is 78.3. The zero-order valence-corrected chi connectivity index (χ0v) is 17.1. The van der Waals surface area contributed by atoms with E-state index in [9.17, 15) is 41.0 Å². The molecule has 0 radical (unpaired) electrons. The highest BCUT2D eigenvalue weighted by atomic mass is 127. The van der Waals surface area contributed by atoms with Gasteiger partial charge in [-0.1, -0.05) is 18.2 Å². The fourth-order valence-electron chi connectivity index (χ4n) is 2.64. The van der Waals surface area contributed by atoms with Gasteiger partial charge in [-0.25, -0.2) is 4.79 Å². The van der Waals surface area contributed by atoms with E-state index in [1.807, 2.05) is 22.6 Å². The molecule has 1 amide bonds. The van der Waals surface area contributed by atoms with Gasteiger partial charge in [-0.2, -0.15) is 26.3 Å². The summed E-state index contributed by atoms with van der Waals surface area (Å²) in [6, 6.07) is 6.19. The van der Waals surface area contributed by atoms with Gasteiger partial charge >= 0.3 is 18.3 Å². The number of carboxylic acids is 1. The minimum Gasteiger partial charge on any atom is -0.480 e. The van der Waals surface area contributed by atoms with Crippen LogP contribution >= 0.6 is 22.6 Å². The lowest BCUT2D eigenvalue weighted by molar-refractivity contribution is -0.143. The maximum atomic E-state index is 12.9. The maximum absolute atomic E-state index is 12.9. The van der Waals surface area contributed by atoms with Gasteiger partial charge in [-0.3, -0.25) is 4.79 Å². The van der Waals surface area contributed by atoms with Crippen molar-refractivity contribution >= 4 is 34.5 Å². The van der Waals surface area contributed by atoms with E-state index in [0.717, 1.165) is 3.57 Å². The van der Waals surface area contributed by atoms with Crippen molar-refractivity contribution in [2.45, 2.75) is 31.2 Å². The van der Waals surface area contributed by atoms with Gasteiger partial charge in [-0.05, 0) is 58.0 Å². The Morgan fingerprint density at radius 3 is 1.97 bits per heavy atom. The van der Waals surface area contributed by atoms with Crippen molar-refractivity contribution in [3.8, 4) is 0 Å². The van der Waals surface area contributed by atoms with Crippen LogP contribution in [0.5, 0.6) is 0 Å². The molecule has 30 heavy (non-hydrogen) atoms. The molecule has 0 unspecified atom stereocenters. The molecule has 0 aliphatic heterocycles. The summed E-state index contributed by atoms with van der Waals surface area (Å²) in [6.45, 7) is 0. The average Bonchev–Trinajstić information content (AvgIpc) is 2.61. The Morgan fingerprint density at radius 1 is 0.967 bits per heavy atom. The quantitative estimate of drug-likeness (QED) is 0.410. The van der Waals surface area contributed by atoms with Crippen molar-refractivity contribution in [1.29, 1.82) is 0 Å².